The maximum absolute atomic E-state index is 11.4. The summed E-state index contributed by atoms with van der Waals surface area (Å²) in [5, 5.41) is -0.469. The van der Waals surface area contributed by atoms with Gasteiger partial charge in [0.25, 0.3) is 0 Å². The van der Waals surface area contributed by atoms with Gasteiger partial charge < -0.3 is 9.47 Å². The van der Waals surface area contributed by atoms with Gasteiger partial charge in [-0.05, 0) is 15.9 Å². The summed E-state index contributed by atoms with van der Waals surface area (Å²) >= 11 is 4.42. The van der Waals surface area contributed by atoms with Crippen LogP contribution in [-0.4, -0.2) is 41.4 Å². The largest absolute Gasteiger partial charge is 0.469 e. The van der Waals surface area contributed by atoms with E-state index in [1.807, 2.05) is 0 Å². The van der Waals surface area contributed by atoms with E-state index in [4.69, 9.17) is 0 Å². The first-order valence-corrected chi connectivity index (χ1v) is 5.80. The van der Waals surface area contributed by atoms with Gasteiger partial charge in [0.2, 0.25) is 0 Å². The first kappa shape index (κ1) is 12.5. The second kappa shape index (κ2) is 5.50. The third-order valence-electron chi connectivity index (χ3n) is 1.88. The maximum atomic E-state index is 11.4. The molecule has 0 N–H and O–H groups in total. The summed E-state index contributed by atoms with van der Waals surface area (Å²) in [5.41, 5.74) is 0. The van der Waals surface area contributed by atoms with Gasteiger partial charge >= 0.3 is 11.9 Å². The number of carbonyl (C=O) groups is 2. The fourth-order valence-corrected chi connectivity index (χ4v) is 2.92. The van der Waals surface area contributed by atoms with Gasteiger partial charge in [-0.1, -0.05) is 11.8 Å². The molecular formula is C8H10BrNO4S. The molecule has 5 nitrogen and oxygen atoms in total. The number of ether oxygens (including phenoxy) is 2. The zero-order valence-corrected chi connectivity index (χ0v) is 10.6. The van der Waals surface area contributed by atoms with Crippen molar-refractivity contribution in [2.45, 2.75) is 17.7 Å². The van der Waals surface area contributed by atoms with Crippen LogP contribution in [0.2, 0.25) is 0 Å². The third-order valence-corrected chi connectivity index (χ3v) is 3.70. The molecule has 0 spiro atoms. The topological polar surface area (TPSA) is 65.0 Å². The Hall–Kier alpha value is -0.560. The van der Waals surface area contributed by atoms with Crippen molar-refractivity contribution in [2.24, 2.45) is 4.99 Å². The zero-order chi connectivity index (χ0) is 11.4. The van der Waals surface area contributed by atoms with Gasteiger partial charge in [-0.25, -0.2) is 0 Å². The van der Waals surface area contributed by atoms with Crippen molar-refractivity contribution < 1.29 is 19.1 Å². The van der Waals surface area contributed by atoms with Crippen molar-refractivity contribution in [3.05, 3.63) is 0 Å². The fraction of sp³-hybridized carbons (Fsp3) is 0.625. The van der Waals surface area contributed by atoms with Crippen LogP contribution in [0.5, 0.6) is 0 Å². The van der Waals surface area contributed by atoms with Crippen LogP contribution in [0.1, 0.15) is 6.42 Å². The molecule has 0 saturated heterocycles. The van der Waals surface area contributed by atoms with E-state index in [-0.39, 0.29) is 18.4 Å². The molecule has 0 saturated carbocycles. The van der Waals surface area contributed by atoms with Crippen LogP contribution in [0.4, 0.5) is 0 Å². The standard InChI is InChI=1S/C8H10BrNO4S/c1-13-5(11)3-4-6(7(12)14-2)15-8(9)10-4/h4,6H,3H2,1-2H3. The van der Waals surface area contributed by atoms with E-state index in [1.54, 1.807) is 0 Å². The second-order valence-electron chi connectivity index (χ2n) is 2.79. The minimum Gasteiger partial charge on any atom is -0.469 e. The molecule has 0 aromatic carbocycles. The number of carbonyl (C=O) groups excluding carboxylic acids is 2. The molecule has 1 aliphatic rings. The van der Waals surface area contributed by atoms with E-state index < -0.39 is 11.3 Å². The third kappa shape index (κ3) is 3.20. The van der Waals surface area contributed by atoms with Gasteiger partial charge in [0.05, 0.1) is 26.7 Å². The number of hydrogen-bond acceptors (Lipinski definition) is 6. The van der Waals surface area contributed by atoms with Crippen molar-refractivity contribution in [1.29, 1.82) is 0 Å². The van der Waals surface area contributed by atoms with Crippen LogP contribution in [0.15, 0.2) is 4.99 Å². The smallest absolute Gasteiger partial charge is 0.321 e. The maximum Gasteiger partial charge on any atom is 0.321 e. The van der Waals surface area contributed by atoms with E-state index in [2.05, 4.69) is 30.4 Å². The molecule has 0 amide bonds. The highest BCUT2D eigenvalue weighted by Gasteiger charge is 2.37. The summed E-state index contributed by atoms with van der Waals surface area (Å²) in [7, 11) is 2.61. The summed E-state index contributed by atoms with van der Waals surface area (Å²) in [6.07, 6.45) is 0.0817. The highest BCUT2D eigenvalue weighted by molar-refractivity contribution is 9.22. The average molecular weight is 296 g/mol. The highest BCUT2D eigenvalue weighted by atomic mass is 79.9. The van der Waals surface area contributed by atoms with Crippen molar-refractivity contribution in [3.8, 4) is 0 Å². The lowest BCUT2D eigenvalue weighted by molar-refractivity contribution is -0.142. The number of methoxy groups -OCH3 is 2. The Kier molecular flexibility index (Phi) is 4.59. The van der Waals surface area contributed by atoms with E-state index >= 15 is 0 Å². The molecule has 0 aliphatic carbocycles. The van der Waals surface area contributed by atoms with E-state index in [0.29, 0.717) is 3.95 Å². The lowest BCUT2D eigenvalue weighted by atomic mass is 10.1. The van der Waals surface area contributed by atoms with Gasteiger partial charge in [-0.3, -0.25) is 14.6 Å². The minimum absolute atomic E-state index is 0.0817. The lowest BCUT2D eigenvalue weighted by Crippen LogP contribution is -2.30. The Bertz CT molecular complexity index is 307. The Labute approximate surface area is 99.7 Å². The Morgan fingerprint density at radius 1 is 1.47 bits per heavy atom. The van der Waals surface area contributed by atoms with Gasteiger partial charge in [0.15, 0.2) is 0 Å². The highest BCUT2D eigenvalue weighted by Crippen LogP contribution is 2.32. The number of thioether (sulfide) groups is 1. The molecule has 7 heteroatoms. The molecule has 84 valence electrons. The van der Waals surface area contributed by atoms with Crippen LogP contribution in [-0.2, 0) is 19.1 Å². The Balaban J connectivity index is 2.66. The summed E-state index contributed by atoms with van der Waals surface area (Å²) in [4.78, 5) is 26.5. The van der Waals surface area contributed by atoms with E-state index in [0.717, 1.165) is 0 Å². The average Bonchev–Trinajstić information content (AvgIpc) is 2.58. The van der Waals surface area contributed by atoms with Gasteiger partial charge in [0.1, 0.15) is 9.20 Å². The summed E-state index contributed by atoms with van der Waals surface area (Å²) in [5.74, 6) is -0.771. The fourth-order valence-electron chi connectivity index (χ4n) is 1.14. The molecule has 0 aromatic rings. The Morgan fingerprint density at radius 3 is 2.67 bits per heavy atom. The molecule has 0 bridgehead atoms. The van der Waals surface area contributed by atoms with Crippen molar-refractivity contribution in [3.63, 3.8) is 0 Å². The van der Waals surface area contributed by atoms with E-state index in [9.17, 15) is 9.59 Å². The monoisotopic (exact) mass is 295 g/mol. The predicted octanol–water partition coefficient (Wildman–Crippen LogP) is 0.957. The normalized spacial score (nSPS) is 24.6. The van der Waals surface area contributed by atoms with Crippen molar-refractivity contribution >= 4 is 43.6 Å². The number of nitrogens with zero attached hydrogens (tertiary/aromatic N) is 1. The molecule has 1 heterocycles. The SMILES string of the molecule is COC(=O)CC1N=C(Br)SC1C(=O)OC. The first-order valence-electron chi connectivity index (χ1n) is 4.13. The van der Waals surface area contributed by atoms with Crippen LogP contribution in [0.3, 0.4) is 0 Å². The van der Waals surface area contributed by atoms with Gasteiger partial charge in [0, 0.05) is 0 Å². The van der Waals surface area contributed by atoms with Gasteiger partial charge in [-0.2, -0.15) is 0 Å². The van der Waals surface area contributed by atoms with Crippen molar-refractivity contribution in [2.75, 3.05) is 14.2 Å². The van der Waals surface area contributed by atoms with Crippen LogP contribution >= 0.6 is 27.7 Å². The quantitative estimate of drug-likeness (QED) is 0.726. The lowest BCUT2D eigenvalue weighted by Gasteiger charge is -2.13. The van der Waals surface area contributed by atoms with E-state index in [1.165, 1.54) is 26.0 Å². The number of rotatable bonds is 3. The molecule has 1 rings (SSSR count). The zero-order valence-electron chi connectivity index (χ0n) is 8.23. The summed E-state index contributed by atoms with van der Waals surface area (Å²) in [6.45, 7) is 0. The molecule has 15 heavy (non-hydrogen) atoms. The molecular weight excluding hydrogens is 286 g/mol. The predicted molar refractivity (Wildman–Crippen MR) is 60.2 cm³/mol. The number of aliphatic imine (C=N–C) groups is 1. The number of halogens is 1. The first-order chi connectivity index (χ1) is 7.08. The van der Waals surface area contributed by atoms with Crippen LogP contribution in [0, 0.1) is 0 Å². The van der Waals surface area contributed by atoms with Crippen LogP contribution in [0.25, 0.3) is 0 Å². The number of hydrogen-bond donors (Lipinski definition) is 0. The van der Waals surface area contributed by atoms with Crippen LogP contribution < -0.4 is 0 Å². The molecule has 2 unspecified atom stereocenters. The minimum atomic E-state index is -0.469. The summed E-state index contributed by atoms with van der Waals surface area (Å²) < 4.78 is 9.75. The molecule has 2 atom stereocenters. The molecule has 0 aromatic heterocycles. The van der Waals surface area contributed by atoms with Crippen molar-refractivity contribution in [1.82, 2.24) is 0 Å². The van der Waals surface area contributed by atoms with Gasteiger partial charge in [-0.15, -0.1) is 0 Å². The molecule has 0 fully saturated rings. The summed E-state index contributed by atoms with van der Waals surface area (Å²) in [6, 6.07) is -0.413. The molecule has 1 aliphatic heterocycles. The second-order valence-corrected chi connectivity index (χ2v) is 5.20. The molecule has 0 radical (unpaired) electrons. The number of esters is 2. The Morgan fingerprint density at radius 2 is 2.13 bits per heavy atom.